The van der Waals surface area contributed by atoms with E-state index in [9.17, 15) is 9.59 Å². The number of hydrogen-bond acceptors (Lipinski definition) is 3. The summed E-state index contributed by atoms with van der Waals surface area (Å²) in [6.45, 7) is 1.33. The van der Waals surface area contributed by atoms with Gasteiger partial charge in [-0.05, 0) is 6.92 Å². The number of carbonyl (C=O) groups excluding carboxylic acids is 2. The summed E-state index contributed by atoms with van der Waals surface area (Å²) in [5, 5.41) is 8.57. The number of likely N-dealkylation sites (N-methyl/N-ethyl adjacent to an activating group) is 1. The van der Waals surface area contributed by atoms with Crippen LogP contribution in [-0.2, 0) is 9.59 Å². The molecule has 0 aromatic rings. The minimum atomic E-state index is -1.56. The van der Waals surface area contributed by atoms with Gasteiger partial charge in [0.2, 0.25) is 5.56 Å². The Bertz CT molecular complexity index is 169. The van der Waals surface area contributed by atoms with E-state index in [1.807, 2.05) is 0 Å². The number of nitrogens with zero attached hydrogens (tertiary/aromatic N) is 1. The zero-order chi connectivity index (χ0) is 9.02. The molecule has 0 aromatic carbocycles. The van der Waals surface area contributed by atoms with E-state index in [-0.39, 0.29) is 12.3 Å². The minimum Gasteiger partial charge on any atom is -0.369 e. The molecule has 0 aromatic heterocycles. The van der Waals surface area contributed by atoms with Gasteiger partial charge in [0.05, 0.1) is 6.54 Å². The molecule has 0 heterocycles. The molecule has 4 nitrogen and oxygen atoms in total. The van der Waals surface area contributed by atoms with Crippen molar-refractivity contribution in [2.45, 2.75) is 12.5 Å². The Morgan fingerprint density at radius 3 is 2.36 bits per heavy atom. The van der Waals surface area contributed by atoms with Crippen molar-refractivity contribution in [3.63, 3.8) is 0 Å². The maximum absolute atomic E-state index is 10.8. The van der Waals surface area contributed by atoms with Crippen LogP contribution in [0.4, 0.5) is 0 Å². The van der Waals surface area contributed by atoms with Crippen molar-refractivity contribution in [1.29, 1.82) is 0 Å². The highest BCUT2D eigenvalue weighted by molar-refractivity contribution is 6.29. The van der Waals surface area contributed by atoms with Crippen LogP contribution in [0.5, 0.6) is 0 Å². The van der Waals surface area contributed by atoms with E-state index in [4.69, 9.17) is 16.7 Å². The Hall–Kier alpha value is -0.610. The van der Waals surface area contributed by atoms with Crippen LogP contribution in [0.15, 0.2) is 0 Å². The molecular formula is C6H10ClNO3. The first kappa shape index (κ1) is 10.4. The Kier molecular flexibility index (Phi) is 4.07. The van der Waals surface area contributed by atoms with Crippen LogP contribution in [-0.4, -0.2) is 40.9 Å². The number of aliphatic hydroxyl groups is 1. The zero-order valence-corrected chi connectivity index (χ0v) is 7.13. The molecule has 0 radical (unpaired) electrons. The molecule has 1 atom stereocenters. The van der Waals surface area contributed by atoms with Crippen LogP contribution in [0.25, 0.3) is 0 Å². The van der Waals surface area contributed by atoms with E-state index in [2.05, 4.69) is 0 Å². The molecule has 0 aliphatic rings. The van der Waals surface area contributed by atoms with Gasteiger partial charge in [-0.3, -0.25) is 9.59 Å². The van der Waals surface area contributed by atoms with Crippen molar-refractivity contribution in [3.8, 4) is 0 Å². The number of alkyl halides is 1. The number of carbonyl (C=O) groups is 2. The van der Waals surface area contributed by atoms with E-state index in [0.29, 0.717) is 0 Å². The molecule has 0 rings (SSSR count). The Morgan fingerprint density at radius 2 is 2.09 bits per heavy atom. The second kappa shape index (κ2) is 4.31. The van der Waals surface area contributed by atoms with Gasteiger partial charge in [-0.15, -0.1) is 0 Å². The monoisotopic (exact) mass is 179 g/mol. The quantitative estimate of drug-likeness (QED) is 0.600. The number of rotatable bonds is 3. The number of ketones is 1. The van der Waals surface area contributed by atoms with Crippen LogP contribution >= 0.6 is 11.6 Å². The lowest BCUT2D eigenvalue weighted by Crippen LogP contribution is -2.36. The van der Waals surface area contributed by atoms with Crippen molar-refractivity contribution in [2.75, 3.05) is 13.6 Å². The van der Waals surface area contributed by atoms with Gasteiger partial charge in [0.15, 0.2) is 0 Å². The lowest BCUT2D eigenvalue weighted by Gasteiger charge is -2.15. The Labute approximate surface area is 69.7 Å². The largest absolute Gasteiger partial charge is 0.369 e. The highest BCUT2D eigenvalue weighted by Crippen LogP contribution is 1.95. The lowest BCUT2D eigenvalue weighted by molar-refractivity contribution is -0.137. The third-order valence-corrected chi connectivity index (χ3v) is 1.23. The van der Waals surface area contributed by atoms with Gasteiger partial charge in [-0.25, -0.2) is 0 Å². The number of hydrogen-bond donors (Lipinski definition) is 1. The number of amides is 1. The molecule has 0 saturated carbocycles. The molecule has 11 heavy (non-hydrogen) atoms. The van der Waals surface area contributed by atoms with Crippen molar-refractivity contribution >= 4 is 23.3 Å². The van der Waals surface area contributed by atoms with Crippen molar-refractivity contribution < 1.29 is 14.7 Å². The first-order valence-electron chi connectivity index (χ1n) is 3.01. The second-order valence-corrected chi connectivity index (χ2v) is 2.65. The maximum Gasteiger partial charge on any atom is 0.267 e. The molecule has 0 aliphatic carbocycles. The van der Waals surface area contributed by atoms with Crippen LogP contribution in [0, 0.1) is 0 Å². The predicted octanol–water partition coefficient (Wildman–Crippen LogP) is -0.409. The highest BCUT2D eigenvalue weighted by Gasteiger charge is 2.16. The van der Waals surface area contributed by atoms with Gasteiger partial charge in [0.1, 0.15) is 5.78 Å². The second-order valence-electron chi connectivity index (χ2n) is 2.23. The average Bonchev–Trinajstić information content (AvgIpc) is 1.84. The number of halogens is 1. The normalized spacial score (nSPS) is 12.4. The minimum absolute atomic E-state index is 0.0252. The summed E-state index contributed by atoms with van der Waals surface area (Å²) in [7, 11) is 1.40. The van der Waals surface area contributed by atoms with Gasteiger partial charge >= 0.3 is 0 Å². The first-order valence-corrected chi connectivity index (χ1v) is 3.45. The Balaban J connectivity index is 3.93. The lowest BCUT2D eigenvalue weighted by atomic mass is 10.4. The van der Waals surface area contributed by atoms with E-state index < -0.39 is 11.5 Å². The molecule has 0 saturated heterocycles. The van der Waals surface area contributed by atoms with Crippen LogP contribution in [0.2, 0.25) is 0 Å². The summed E-state index contributed by atoms with van der Waals surface area (Å²) in [6.07, 6.45) is 0. The molecular weight excluding hydrogens is 170 g/mol. The fraction of sp³-hybridized carbons (Fsp3) is 0.667. The SMILES string of the molecule is CC(=O)CN(C)C(=O)C(O)Cl. The third kappa shape index (κ3) is 3.95. The fourth-order valence-electron chi connectivity index (χ4n) is 0.594. The van der Waals surface area contributed by atoms with E-state index >= 15 is 0 Å². The molecule has 0 spiro atoms. The van der Waals surface area contributed by atoms with Gasteiger partial charge < -0.3 is 10.0 Å². The molecule has 0 fully saturated rings. The Morgan fingerprint density at radius 1 is 1.64 bits per heavy atom. The fourth-order valence-corrected chi connectivity index (χ4v) is 0.760. The number of Topliss-reactive ketones (excluding diaryl/α,β-unsaturated/α-hetero) is 1. The summed E-state index contributed by atoms with van der Waals surface area (Å²) >= 11 is 5.06. The van der Waals surface area contributed by atoms with E-state index in [1.54, 1.807) is 0 Å². The maximum atomic E-state index is 10.8. The number of aliphatic hydroxyl groups excluding tert-OH is 1. The van der Waals surface area contributed by atoms with Crippen molar-refractivity contribution in [3.05, 3.63) is 0 Å². The van der Waals surface area contributed by atoms with Crippen LogP contribution in [0.1, 0.15) is 6.92 Å². The van der Waals surface area contributed by atoms with Crippen LogP contribution in [0.3, 0.4) is 0 Å². The van der Waals surface area contributed by atoms with Gasteiger partial charge in [-0.1, -0.05) is 11.6 Å². The third-order valence-electron chi connectivity index (χ3n) is 1.04. The molecule has 0 bridgehead atoms. The van der Waals surface area contributed by atoms with Gasteiger partial charge in [0, 0.05) is 7.05 Å². The van der Waals surface area contributed by atoms with E-state index in [1.165, 1.54) is 14.0 Å². The van der Waals surface area contributed by atoms with Crippen molar-refractivity contribution in [2.24, 2.45) is 0 Å². The highest BCUT2D eigenvalue weighted by atomic mass is 35.5. The molecule has 5 heteroatoms. The van der Waals surface area contributed by atoms with Gasteiger partial charge in [0.25, 0.3) is 5.91 Å². The zero-order valence-electron chi connectivity index (χ0n) is 6.37. The predicted molar refractivity (Wildman–Crippen MR) is 40.2 cm³/mol. The molecule has 1 unspecified atom stereocenters. The smallest absolute Gasteiger partial charge is 0.267 e. The van der Waals surface area contributed by atoms with E-state index in [0.717, 1.165) is 4.90 Å². The summed E-state index contributed by atoms with van der Waals surface area (Å²) < 4.78 is 0. The van der Waals surface area contributed by atoms with Crippen molar-refractivity contribution in [1.82, 2.24) is 4.90 Å². The summed E-state index contributed by atoms with van der Waals surface area (Å²) in [5.74, 6) is -0.819. The molecule has 0 aliphatic heterocycles. The van der Waals surface area contributed by atoms with Crippen LogP contribution < -0.4 is 0 Å². The standard InChI is InChI=1S/C6H10ClNO3/c1-4(9)3-8(2)6(11)5(7)10/h5,10H,3H2,1-2H3. The first-order chi connectivity index (χ1) is 4.95. The molecule has 1 N–H and O–H groups in total. The average molecular weight is 180 g/mol. The summed E-state index contributed by atoms with van der Waals surface area (Å²) in [6, 6.07) is 0. The molecule has 1 amide bonds. The topological polar surface area (TPSA) is 57.6 Å². The summed E-state index contributed by atoms with van der Waals surface area (Å²) in [5.41, 5.74) is -1.56. The summed E-state index contributed by atoms with van der Waals surface area (Å²) in [4.78, 5) is 22.3. The molecule has 64 valence electrons. The van der Waals surface area contributed by atoms with Gasteiger partial charge in [-0.2, -0.15) is 0 Å².